The van der Waals surface area contributed by atoms with Gasteiger partial charge in [0.1, 0.15) is 0 Å². The molecule has 0 fully saturated rings. The van der Waals surface area contributed by atoms with Gasteiger partial charge in [-0.1, -0.05) is 76.6 Å². The SMILES string of the molecule is C=CC=C(C(=C)C)C(=C)C.CCC(C)CC. The summed E-state index contributed by atoms with van der Waals surface area (Å²) in [5.74, 6) is 0.935. The normalized spacial score (nSPS) is 8.88. The van der Waals surface area contributed by atoms with Crippen molar-refractivity contribution in [1.29, 1.82) is 0 Å². The van der Waals surface area contributed by atoms with E-state index in [9.17, 15) is 0 Å². The third-order valence-corrected chi connectivity index (χ3v) is 2.60. The zero-order chi connectivity index (χ0) is 13.1. The molecule has 92 valence electrons. The van der Waals surface area contributed by atoms with E-state index in [4.69, 9.17) is 0 Å². The number of hydrogen-bond donors (Lipinski definition) is 0. The van der Waals surface area contributed by atoms with Crippen molar-refractivity contribution in [2.75, 3.05) is 0 Å². The molecule has 0 heteroatoms. The molecule has 0 N–H and O–H groups in total. The highest BCUT2D eigenvalue weighted by Crippen LogP contribution is 2.14. The maximum absolute atomic E-state index is 3.82. The minimum Gasteiger partial charge on any atom is -0.0990 e. The highest BCUT2D eigenvalue weighted by molar-refractivity contribution is 5.43. The Kier molecular flexibility index (Phi) is 11.4. The third-order valence-electron chi connectivity index (χ3n) is 2.60. The molecule has 0 aliphatic heterocycles. The summed E-state index contributed by atoms with van der Waals surface area (Å²) in [6, 6.07) is 0. The van der Waals surface area contributed by atoms with Crippen molar-refractivity contribution in [2.24, 2.45) is 5.92 Å². The topological polar surface area (TPSA) is 0 Å². The number of hydrogen-bond acceptors (Lipinski definition) is 0. The summed E-state index contributed by atoms with van der Waals surface area (Å²) in [5, 5.41) is 0. The van der Waals surface area contributed by atoms with Crippen LogP contribution < -0.4 is 0 Å². The van der Waals surface area contributed by atoms with Gasteiger partial charge in [0.05, 0.1) is 0 Å². The molecule has 0 nitrogen and oxygen atoms in total. The van der Waals surface area contributed by atoms with E-state index in [0.29, 0.717) is 0 Å². The average molecular weight is 220 g/mol. The predicted molar refractivity (Wildman–Crippen MR) is 77.7 cm³/mol. The Balaban J connectivity index is 0. The Morgan fingerprint density at radius 3 is 1.50 bits per heavy atom. The van der Waals surface area contributed by atoms with Crippen LogP contribution in [0.5, 0.6) is 0 Å². The first-order valence-corrected chi connectivity index (χ1v) is 6.05. The van der Waals surface area contributed by atoms with E-state index in [1.165, 1.54) is 12.8 Å². The standard InChI is InChI=1S/C10H14.C6H14/c1-6-7-10(8(2)3)9(4)5;1-4-6(3)5-2/h6-7H,1-2,4H2,3,5H3;6H,4-5H2,1-3H3. The molecule has 0 heterocycles. The molecule has 0 bridgehead atoms. The molecule has 0 radical (unpaired) electrons. The fourth-order valence-electron chi connectivity index (χ4n) is 1.06. The van der Waals surface area contributed by atoms with Crippen LogP contribution in [0.15, 0.2) is 48.6 Å². The van der Waals surface area contributed by atoms with Crippen molar-refractivity contribution in [3.8, 4) is 0 Å². The van der Waals surface area contributed by atoms with E-state index in [0.717, 1.165) is 22.6 Å². The Bertz CT molecular complexity index is 233. The van der Waals surface area contributed by atoms with E-state index >= 15 is 0 Å². The maximum Gasteiger partial charge on any atom is -0.0210 e. The molecular formula is C16H28. The molecule has 0 rings (SSSR count). The minimum atomic E-state index is 0.935. The van der Waals surface area contributed by atoms with Gasteiger partial charge in [-0.15, -0.1) is 0 Å². The van der Waals surface area contributed by atoms with Crippen molar-refractivity contribution in [3.05, 3.63) is 48.6 Å². The van der Waals surface area contributed by atoms with E-state index in [1.807, 2.05) is 19.9 Å². The molecule has 0 saturated heterocycles. The highest BCUT2D eigenvalue weighted by Gasteiger charge is 1.95. The van der Waals surface area contributed by atoms with E-state index in [1.54, 1.807) is 6.08 Å². The van der Waals surface area contributed by atoms with Crippen molar-refractivity contribution in [2.45, 2.75) is 47.5 Å². The maximum atomic E-state index is 3.82. The lowest BCUT2D eigenvalue weighted by molar-refractivity contribution is 0.544. The van der Waals surface area contributed by atoms with Crippen LogP contribution in [0.4, 0.5) is 0 Å². The summed E-state index contributed by atoms with van der Waals surface area (Å²) in [7, 11) is 0. The Labute approximate surface area is 102 Å². The van der Waals surface area contributed by atoms with Gasteiger partial charge in [-0.3, -0.25) is 0 Å². The highest BCUT2D eigenvalue weighted by atomic mass is 14.0. The summed E-state index contributed by atoms with van der Waals surface area (Å²) in [4.78, 5) is 0. The van der Waals surface area contributed by atoms with Gasteiger partial charge in [0.15, 0.2) is 0 Å². The molecule has 0 aromatic heterocycles. The Hall–Kier alpha value is -1.04. The van der Waals surface area contributed by atoms with Gasteiger partial charge >= 0.3 is 0 Å². The van der Waals surface area contributed by atoms with E-state index in [2.05, 4.69) is 40.5 Å². The molecule has 16 heavy (non-hydrogen) atoms. The van der Waals surface area contributed by atoms with Gasteiger partial charge < -0.3 is 0 Å². The molecule has 0 aromatic carbocycles. The van der Waals surface area contributed by atoms with Crippen LogP contribution in [0, 0.1) is 5.92 Å². The summed E-state index contributed by atoms with van der Waals surface area (Å²) in [5.41, 5.74) is 3.16. The minimum absolute atomic E-state index is 0.935. The summed E-state index contributed by atoms with van der Waals surface area (Å²) >= 11 is 0. The first-order valence-electron chi connectivity index (χ1n) is 6.05. The first kappa shape index (κ1) is 17.4. The van der Waals surface area contributed by atoms with Crippen molar-refractivity contribution in [1.82, 2.24) is 0 Å². The fraction of sp³-hybridized carbons (Fsp3) is 0.500. The lowest BCUT2D eigenvalue weighted by Gasteiger charge is -2.03. The Morgan fingerprint density at radius 1 is 1.06 bits per heavy atom. The van der Waals surface area contributed by atoms with Gasteiger partial charge in [-0.2, -0.15) is 0 Å². The fourth-order valence-corrected chi connectivity index (χ4v) is 1.06. The van der Waals surface area contributed by atoms with Crippen LogP contribution in [0.1, 0.15) is 47.5 Å². The third kappa shape index (κ3) is 9.51. The van der Waals surface area contributed by atoms with Gasteiger partial charge in [0.2, 0.25) is 0 Å². The molecule has 0 atom stereocenters. The van der Waals surface area contributed by atoms with Gasteiger partial charge in [0, 0.05) is 0 Å². The van der Waals surface area contributed by atoms with Gasteiger partial charge in [0.25, 0.3) is 0 Å². The number of allylic oxidation sites excluding steroid dienone is 5. The average Bonchev–Trinajstić information content (AvgIpc) is 2.24. The van der Waals surface area contributed by atoms with Crippen LogP contribution in [0.2, 0.25) is 0 Å². The largest absolute Gasteiger partial charge is 0.0990 e. The monoisotopic (exact) mass is 220 g/mol. The summed E-state index contributed by atoms with van der Waals surface area (Å²) in [6.45, 7) is 21.9. The zero-order valence-electron chi connectivity index (χ0n) is 11.8. The molecule has 0 spiro atoms. The predicted octanol–water partition coefficient (Wildman–Crippen LogP) is 5.69. The van der Waals surface area contributed by atoms with Crippen molar-refractivity contribution in [3.63, 3.8) is 0 Å². The summed E-state index contributed by atoms with van der Waals surface area (Å²) < 4.78 is 0. The van der Waals surface area contributed by atoms with Gasteiger partial charge in [-0.25, -0.2) is 0 Å². The molecule has 0 amide bonds. The molecular weight excluding hydrogens is 192 g/mol. The molecule has 0 aliphatic carbocycles. The summed E-state index contributed by atoms with van der Waals surface area (Å²) in [6.07, 6.45) is 6.33. The van der Waals surface area contributed by atoms with E-state index < -0.39 is 0 Å². The second-order valence-corrected chi connectivity index (χ2v) is 4.30. The van der Waals surface area contributed by atoms with Crippen LogP contribution in [0.3, 0.4) is 0 Å². The van der Waals surface area contributed by atoms with E-state index in [-0.39, 0.29) is 0 Å². The zero-order valence-corrected chi connectivity index (χ0v) is 11.8. The van der Waals surface area contributed by atoms with Crippen LogP contribution in [0.25, 0.3) is 0 Å². The second-order valence-electron chi connectivity index (χ2n) is 4.30. The molecule has 0 saturated carbocycles. The molecule has 0 aliphatic rings. The van der Waals surface area contributed by atoms with Crippen LogP contribution in [-0.4, -0.2) is 0 Å². The lowest BCUT2D eigenvalue weighted by atomic mass is 10.0. The quantitative estimate of drug-likeness (QED) is 0.522. The lowest BCUT2D eigenvalue weighted by Crippen LogP contribution is -1.85. The van der Waals surface area contributed by atoms with Crippen molar-refractivity contribution < 1.29 is 0 Å². The van der Waals surface area contributed by atoms with Crippen molar-refractivity contribution >= 4 is 0 Å². The van der Waals surface area contributed by atoms with Crippen LogP contribution in [-0.2, 0) is 0 Å². The second kappa shape index (κ2) is 10.5. The molecule has 0 aromatic rings. The van der Waals surface area contributed by atoms with Gasteiger partial charge in [-0.05, 0) is 25.3 Å². The number of rotatable bonds is 5. The first-order chi connectivity index (χ1) is 7.40. The Morgan fingerprint density at radius 2 is 1.44 bits per heavy atom. The van der Waals surface area contributed by atoms with Crippen LogP contribution >= 0.6 is 0 Å². The smallest absolute Gasteiger partial charge is 0.0210 e. The molecule has 0 unspecified atom stereocenters.